The molecule has 0 aromatic carbocycles. The van der Waals surface area contributed by atoms with Gasteiger partial charge in [0.15, 0.2) is 0 Å². The Labute approximate surface area is 118 Å². The Morgan fingerprint density at radius 2 is 2.40 bits per heavy atom. The van der Waals surface area contributed by atoms with Crippen molar-refractivity contribution >= 4 is 17.5 Å². The van der Waals surface area contributed by atoms with Crippen molar-refractivity contribution in [3.63, 3.8) is 0 Å². The lowest BCUT2D eigenvalue weighted by atomic mass is 10.2. The van der Waals surface area contributed by atoms with Crippen LogP contribution in [0.15, 0.2) is 18.3 Å². The number of aromatic nitrogens is 1. The van der Waals surface area contributed by atoms with Gasteiger partial charge in [-0.2, -0.15) is 0 Å². The lowest BCUT2D eigenvalue weighted by Crippen LogP contribution is -2.55. The van der Waals surface area contributed by atoms with Gasteiger partial charge in [0.25, 0.3) is 5.91 Å². The highest BCUT2D eigenvalue weighted by molar-refractivity contribution is 5.97. The summed E-state index contributed by atoms with van der Waals surface area (Å²) in [6.45, 7) is 5.66. The van der Waals surface area contributed by atoms with Crippen LogP contribution in [0.2, 0.25) is 0 Å². The van der Waals surface area contributed by atoms with Crippen LogP contribution in [-0.4, -0.2) is 47.4 Å². The summed E-state index contributed by atoms with van der Waals surface area (Å²) in [4.78, 5) is 29.7. The van der Waals surface area contributed by atoms with Gasteiger partial charge in [-0.05, 0) is 25.5 Å². The lowest BCUT2D eigenvalue weighted by Gasteiger charge is -2.32. The van der Waals surface area contributed by atoms with Gasteiger partial charge in [-0.25, -0.2) is 0 Å². The molecule has 1 saturated heterocycles. The second-order valence-electron chi connectivity index (χ2n) is 4.82. The zero-order chi connectivity index (χ0) is 14.5. The minimum Gasteiger partial charge on any atom is -0.385 e. The van der Waals surface area contributed by atoms with Crippen LogP contribution in [0.4, 0.5) is 5.69 Å². The average molecular weight is 276 g/mol. The number of anilines is 1. The van der Waals surface area contributed by atoms with Crippen molar-refractivity contribution in [2.75, 3.05) is 25.0 Å². The van der Waals surface area contributed by atoms with Crippen LogP contribution in [0.1, 0.15) is 30.8 Å². The normalized spacial score (nSPS) is 18.6. The Bertz CT molecular complexity index is 504. The van der Waals surface area contributed by atoms with Crippen molar-refractivity contribution < 1.29 is 9.59 Å². The fourth-order valence-electron chi connectivity index (χ4n) is 2.13. The first-order valence-electron chi connectivity index (χ1n) is 6.92. The highest BCUT2D eigenvalue weighted by atomic mass is 16.2. The fourth-order valence-corrected chi connectivity index (χ4v) is 2.13. The Morgan fingerprint density at radius 1 is 1.60 bits per heavy atom. The number of carbonyl (C=O) groups is 2. The molecule has 20 heavy (non-hydrogen) atoms. The molecule has 1 aliphatic rings. The van der Waals surface area contributed by atoms with Crippen molar-refractivity contribution in [3.05, 3.63) is 24.0 Å². The second-order valence-corrected chi connectivity index (χ2v) is 4.82. The van der Waals surface area contributed by atoms with Gasteiger partial charge in [-0.15, -0.1) is 0 Å². The number of nitrogens with one attached hydrogen (secondary N) is 2. The highest BCUT2D eigenvalue weighted by Gasteiger charge is 2.30. The number of amides is 2. The van der Waals surface area contributed by atoms with E-state index in [0.717, 1.165) is 18.7 Å². The molecule has 1 fully saturated rings. The van der Waals surface area contributed by atoms with Crippen LogP contribution < -0.4 is 10.6 Å². The predicted octanol–water partition coefficient (Wildman–Crippen LogP) is 0.864. The minimum atomic E-state index is -0.453. The first kappa shape index (κ1) is 14.3. The predicted molar refractivity (Wildman–Crippen MR) is 76.5 cm³/mol. The number of rotatable bonds is 4. The lowest BCUT2D eigenvalue weighted by molar-refractivity contribution is -0.127. The maximum Gasteiger partial charge on any atom is 0.273 e. The highest BCUT2D eigenvalue weighted by Crippen LogP contribution is 2.13. The summed E-state index contributed by atoms with van der Waals surface area (Å²) < 4.78 is 0. The van der Waals surface area contributed by atoms with Crippen LogP contribution in [-0.2, 0) is 4.79 Å². The average Bonchev–Trinajstić information content (AvgIpc) is 2.47. The monoisotopic (exact) mass is 276 g/mol. The van der Waals surface area contributed by atoms with E-state index >= 15 is 0 Å². The Kier molecular flexibility index (Phi) is 4.55. The second kappa shape index (κ2) is 6.36. The van der Waals surface area contributed by atoms with Crippen molar-refractivity contribution in [1.29, 1.82) is 0 Å². The number of hydrogen-bond acceptors (Lipinski definition) is 4. The van der Waals surface area contributed by atoms with Crippen LogP contribution in [0.25, 0.3) is 0 Å². The molecule has 1 unspecified atom stereocenters. The molecular weight excluding hydrogens is 256 g/mol. The van der Waals surface area contributed by atoms with Gasteiger partial charge in [0.1, 0.15) is 11.7 Å². The molecule has 0 aliphatic carbocycles. The summed E-state index contributed by atoms with van der Waals surface area (Å²) >= 11 is 0. The number of pyridine rings is 1. The smallest absolute Gasteiger partial charge is 0.273 e. The van der Waals surface area contributed by atoms with E-state index in [4.69, 9.17) is 0 Å². The van der Waals surface area contributed by atoms with E-state index in [1.165, 1.54) is 0 Å². The molecule has 108 valence electrons. The molecule has 1 aliphatic heterocycles. The maximum atomic E-state index is 12.4. The van der Waals surface area contributed by atoms with E-state index in [1.54, 1.807) is 24.1 Å². The topological polar surface area (TPSA) is 74.3 Å². The summed E-state index contributed by atoms with van der Waals surface area (Å²) in [6.07, 6.45) is 2.62. The van der Waals surface area contributed by atoms with Gasteiger partial charge in [0.05, 0.1) is 0 Å². The van der Waals surface area contributed by atoms with Crippen LogP contribution in [0, 0.1) is 0 Å². The van der Waals surface area contributed by atoms with Crippen molar-refractivity contribution in [1.82, 2.24) is 15.2 Å². The van der Waals surface area contributed by atoms with Crippen molar-refractivity contribution in [3.8, 4) is 0 Å². The molecule has 0 spiro atoms. The third-order valence-corrected chi connectivity index (χ3v) is 3.32. The zero-order valence-electron chi connectivity index (χ0n) is 11.8. The molecule has 0 radical (unpaired) electrons. The van der Waals surface area contributed by atoms with E-state index < -0.39 is 6.04 Å². The number of nitrogens with zero attached hydrogens (tertiary/aromatic N) is 2. The summed E-state index contributed by atoms with van der Waals surface area (Å²) in [5, 5.41) is 5.96. The zero-order valence-corrected chi connectivity index (χ0v) is 11.8. The Hall–Kier alpha value is -2.11. The third kappa shape index (κ3) is 3.07. The van der Waals surface area contributed by atoms with Gasteiger partial charge >= 0.3 is 0 Å². The summed E-state index contributed by atoms with van der Waals surface area (Å²) in [5.41, 5.74) is 1.24. The first-order valence-corrected chi connectivity index (χ1v) is 6.92. The fraction of sp³-hybridized carbons (Fsp3) is 0.500. The number of piperazine rings is 1. The quantitative estimate of drug-likeness (QED) is 0.855. The largest absolute Gasteiger partial charge is 0.385 e. The molecule has 1 aromatic heterocycles. The van der Waals surface area contributed by atoms with E-state index in [1.807, 2.05) is 6.07 Å². The van der Waals surface area contributed by atoms with Gasteiger partial charge in [0, 0.05) is 31.5 Å². The molecule has 1 atom stereocenters. The summed E-state index contributed by atoms with van der Waals surface area (Å²) in [6, 6.07) is 3.11. The Morgan fingerprint density at radius 3 is 3.15 bits per heavy atom. The van der Waals surface area contributed by atoms with Crippen LogP contribution >= 0.6 is 0 Å². The maximum absolute atomic E-state index is 12.4. The minimum absolute atomic E-state index is 0.120. The van der Waals surface area contributed by atoms with Gasteiger partial charge in [-0.1, -0.05) is 6.92 Å². The summed E-state index contributed by atoms with van der Waals surface area (Å²) in [5.74, 6) is -0.322. The van der Waals surface area contributed by atoms with E-state index in [2.05, 4.69) is 22.5 Å². The van der Waals surface area contributed by atoms with Crippen LogP contribution in [0.3, 0.4) is 0 Å². The Balaban J connectivity index is 2.13. The third-order valence-electron chi connectivity index (χ3n) is 3.32. The van der Waals surface area contributed by atoms with E-state index in [0.29, 0.717) is 18.8 Å². The number of carbonyl (C=O) groups excluding carboxylic acids is 2. The van der Waals surface area contributed by atoms with E-state index in [-0.39, 0.29) is 11.8 Å². The molecule has 2 rings (SSSR count). The first-order chi connectivity index (χ1) is 9.63. The van der Waals surface area contributed by atoms with E-state index in [9.17, 15) is 9.59 Å². The van der Waals surface area contributed by atoms with Crippen molar-refractivity contribution in [2.24, 2.45) is 0 Å². The molecule has 2 heterocycles. The van der Waals surface area contributed by atoms with Crippen molar-refractivity contribution in [2.45, 2.75) is 26.3 Å². The number of hydrogen-bond donors (Lipinski definition) is 2. The molecule has 6 nitrogen and oxygen atoms in total. The molecule has 6 heteroatoms. The molecular formula is C14H20N4O2. The summed E-state index contributed by atoms with van der Waals surface area (Å²) in [7, 11) is 0. The molecule has 2 amide bonds. The van der Waals surface area contributed by atoms with Gasteiger partial charge in [-0.3, -0.25) is 14.6 Å². The SMILES string of the molecule is CCCNc1ccnc(C(=O)N2CCNC(=O)C2C)c1. The standard InChI is InChI=1S/C14H20N4O2/c1-3-5-15-11-4-6-16-12(9-11)14(20)18-8-7-17-13(19)10(18)2/h4,6,9-10H,3,5,7-8H2,1-2H3,(H,15,16)(H,17,19). The van der Waals surface area contributed by atoms with Gasteiger partial charge in [0.2, 0.25) is 5.91 Å². The molecule has 1 aromatic rings. The van der Waals surface area contributed by atoms with Gasteiger partial charge < -0.3 is 15.5 Å². The molecule has 0 bridgehead atoms. The van der Waals surface area contributed by atoms with Crippen LogP contribution in [0.5, 0.6) is 0 Å². The molecule has 2 N–H and O–H groups in total. The molecule has 0 saturated carbocycles.